The summed E-state index contributed by atoms with van der Waals surface area (Å²) in [6.07, 6.45) is 3.74. The quantitative estimate of drug-likeness (QED) is 0.844. The molecule has 0 aromatic heterocycles. The van der Waals surface area contributed by atoms with Crippen molar-refractivity contribution in [1.29, 1.82) is 0 Å². The molecule has 0 spiro atoms. The fraction of sp³-hybridized carbons (Fsp3) is 0.417. The third kappa shape index (κ3) is 4.04. The van der Waals surface area contributed by atoms with Gasteiger partial charge in [0.05, 0.1) is 0 Å². The molecule has 4 rings (SSSR count). The van der Waals surface area contributed by atoms with E-state index in [2.05, 4.69) is 18.3 Å². The molecule has 1 saturated carbocycles. The molecule has 1 heterocycles. The smallest absolute Gasteiger partial charge is 0.230 e. The van der Waals surface area contributed by atoms with E-state index >= 15 is 0 Å². The second-order valence-electron chi connectivity index (χ2n) is 8.25. The number of amides is 2. The second kappa shape index (κ2) is 8.36. The summed E-state index contributed by atoms with van der Waals surface area (Å²) >= 11 is 0. The Labute approximate surface area is 171 Å². The molecule has 0 radical (unpaired) electrons. The summed E-state index contributed by atoms with van der Waals surface area (Å²) in [6, 6.07) is 14.8. The number of nitrogens with one attached hydrogen (secondary N) is 1. The SMILES string of the molecule is CC1Cc2ccccc2N1C(=O)C1CCC(C(=O)NCc2ccccc2F)CC1. The Morgan fingerprint density at radius 3 is 2.41 bits per heavy atom. The fourth-order valence-electron chi connectivity index (χ4n) is 4.67. The molecule has 1 unspecified atom stereocenters. The molecule has 29 heavy (non-hydrogen) atoms. The van der Waals surface area contributed by atoms with Crippen molar-refractivity contribution in [2.45, 2.75) is 51.6 Å². The highest BCUT2D eigenvalue weighted by molar-refractivity contribution is 5.97. The number of carbonyl (C=O) groups is 2. The van der Waals surface area contributed by atoms with E-state index in [1.54, 1.807) is 18.2 Å². The number of halogens is 1. The van der Waals surface area contributed by atoms with Crippen molar-refractivity contribution >= 4 is 17.5 Å². The Bertz CT molecular complexity index is 905. The van der Waals surface area contributed by atoms with Gasteiger partial charge in [-0.3, -0.25) is 9.59 Å². The van der Waals surface area contributed by atoms with Crippen LogP contribution in [0.3, 0.4) is 0 Å². The van der Waals surface area contributed by atoms with Gasteiger partial charge in [-0.15, -0.1) is 0 Å². The fourth-order valence-corrected chi connectivity index (χ4v) is 4.67. The van der Waals surface area contributed by atoms with E-state index in [1.165, 1.54) is 11.6 Å². The van der Waals surface area contributed by atoms with Crippen LogP contribution in [0.5, 0.6) is 0 Å². The molecule has 5 heteroatoms. The molecule has 0 bridgehead atoms. The molecular formula is C24H27FN2O2. The summed E-state index contributed by atoms with van der Waals surface area (Å²) in [7, 11) is 0. The minimum atomic E-state index is -0.304. The van der Waals surface area contributed by atoms with Crippen molar-refractivity contribution in [2.24, 2.45) is 11.8 Å². The molecule has 1 fully saturated rings. The first-order valence-electron chi connectivity index (χ1n) is 10.5. The first-order chi connectivity index (χ1) is 14.0. The molecule has 4 nitrogen and oxygen atoms in total. The molecule has 152 valence electrons. The van der Waals surface area contributed by atoms with Gasteiger partial charge in [0, 0.05) is 35.7 Å². The normalized spacial score (nSPS) is 23.5. The summed E-state index contributed by atoms with van der Waals surface area (Å²) in [5.74, 6) is -0.290. The second-order valence-corrected chi connectivity index (χ2v) is 8.25. The maximum absolute atomic E-state index is 13.7. The molecule has 2 aromatic carbocycles. The van der Waals surface area contributed by atoms with Gasteiger partial charge in [0.1, 0.15) is 5.82 Å². The van der Waals surface area contributed by atoms with Gasteiger partial charge in [0.15, 0.2) is 0 Å². The van der Waals surface area contributed by atoms with Gasteiger partial charge in [-0.1, -0.05) is 36.4 Å². The third-order valence-corrected chi connectivity index (χ3v) is 6.30. The topological polar surface area (TPSA) is 49.4 Å². The lowest BCUT2D eigenvalue weighted by molar-refractivity contribution is -0.129. The molecule has 1 aliphatic heterocycles. The number of carbonyl (C=O) groups excluding carboxylic acids is 2. The lowest BCUT2D eigenvalue weighted by Crippen LogP contribution is -2.42. The predicted octanol–water partition coefficient (Wildman–Crippen LogP) is 4.23. The number of para-hydroxylation sites is 1. The van der Waals surface area contributed by atoms with Crippen LogP contribution >= 0.6 is 0 Å². The number of rotatable bonds is 4. The predicted molar refractivity (Wildman–Crippen MR) is 111 cm³/mol. The Morgan fingerprint density at radius 1 is 1.00 bits per heavy atom. The van der Waals surface area contributed by atoms with Crippen molar-refractivity contribution in [3.8, 4) is 0 Å². The van der Waals surface area contributed by atoms with Gasteiger partial charge in [-0.25, -0.2) is 4.39 Å². The van der Waals surface area contributed by atoms with Crippen molar-refractivity contribution < 1.29 is 14.0 Å². The van der Waals surface area contributed by atoms with Gasteiger partial charge in [0.2, 0.25) is 11.8 Å². The van der Waals surface area contributed by atoms with Gasteiger partial charge >= 0.3 is 0 Å². The summed E-state index contributed by atoms with van der Waals surface area (Å²) in [5, 5.41) is 2.85. The zero-order chi connectivity index (χ0) is 20.4. The number of anilines is 1. The van der Waals surface area contributed by atoms with Crippen molar-refractivity contribution in [3.63, 3.8) is 0 Å². The summed E-state index contributed by atoms with van der Waals surface area (Å²) in [4.78, 5) is 27.6. The lowest BCUT2D eigenvalue weighted by atomic mass is 9.80. The summed E-state index contributed by atoms with van der Waals surface area (Å²) in [6.45, 7) is 2.30. The van der Waals surface area contributed by atoms with Crippen LogP contribution in [0.4, 0.5) is 10.1 Å². The third-order valence-electron chi connectivity index (χ3n) is 6.30. The monoisotopic (exact) mass is 394 g/mol. The number of nitrogens with zero attached hydrogens (tertiary/aromatic N) is 1. The van der Waals surface area contributed by atoms with E-state index in [4.69, 9.17) is 0 Å². The van der Waals surface area contributed by atoms with Crippen molar-refractivity contribution in [1.82, 2.24) is 5.32 Å². The highest BCUT2D eigenvalue weighted by Gasteiger charge is 2.37. The average molecular weight is 394 g/mol. The number of fused-ring (bicyclic) bond motifs is 1. The zero-order valence-electron chi connectivity index (χ0n) is 16.7. The first-order valence-corrected chi connectivity index (χ1v) is 10.5. The van der Waals surface area contributed by atoms with Crippen LogP contribution < -0.4 is 10.2 Å². The zero-order valence-corrected chi connectivity index (χ0v) is 16.7. The minimum Gasteiger partial charge on any atom is -0.352 e. The van der Waals surface area contributed by atoms with Gasteiger partial charge in [0.25, 0.3) is 0 Å². The number of hydrogen-bond donors (Lipinski definition) is 1. The highest BCUT2D eigenvalue weighted by atomic mass is 19.1. The van der Waals surface area contributed by atoms with Crippen molar-refractivity contribution in [2.75, 3.05) is 4.90 Å². The van der Waals surface area contributed by atoms with Gasteiger partial charge in [-0.05, 0) is 56.7 Å². The molecule has 2 aliphatic rings. The molecule has 2 amide bonds. The van der Waals surface area contributed by atoms with Gasteiger partial charge in [-0.2, -0.15) is 0 Å². The Balaban J connectivity index is 1.32. The first kappa shape index (κ1) is 19.6. The van der Waals surface area contributed by atoms with Crippen LogP contribution in [-0.4, -0.2) is 17.9 Å². The Hall–Kier alpha value is -2.69. The Morgan fingerprint density at radius 2 is 1.66 bits per heavy atom. The largest absolute Gasteiger partial charge is 0.352 e. The van der Waals surface area contributed by atoms with E-state index in [9.17, 15) is 14.0 Å². The van der Waals surface area contributed by atoms with E-state index < -0.39 is 0 Å². The number of benzene rings is 2. The molecular weight excluding hydrogens is 367 g/mol. The highest BCUT2D eigenvalue weighted by Crippen LogP contribution is 2.37. The molecule has 2 aromatic rings. The van der Waals surface area contributed by atoms with Crippen LogP contribution in [0.2, 0.25) is 0 Å². The van der Waals surface area contributed by atoms with Crippen molar-refractivity contribution in [3.05, 3.63) is 65.5 Å². The van der Waals surface area contributed by atoms with Gasteiger partial charge < -0.3 is 10.2 Å². The maximum atomic E-state index is 13.7. The summed E-state index contributed by atoms with van der Waals surface area (Å²) in [5.41, 5.74) is 2.76. The Kier molecular flexibility index (Phi) is 5.65. The van der Waals surface area contributed by atoms with E-state index in [-0.39, 0.29) is 42.1 Å². The molecule has 1 aliphatic carbocycles. The molecule has 1 atom stereocenters. The van der Waals surface area contributed by atoms with E-state index in [1.807, 2.05) is 23.1 Å². The van der Waals surface area contributed by atoms with Crippen LogP contribution in [0.15, 0.2) is 48.5 Å². The lowest BCUT2D eigenvalue weighted by Gasteiger charge is -2.32. The molecule has 0 saturated heterocycles. The molecule has 1 N–H and O–H groups in total. The summed E-state index contributed by atoms with van der Waals surface area (Å²) < 4.78 is 13.7. The van der Waals surface area contributed by atoms with E-state index in [0.29, 0.717) is 18.4 Å². The minimum absolute atomic E-state index is 0.0285. The van der Waals surface area contributed by atoms with Crippen LogP contribution in [-0.2, 0) is 22.6 Å². The van der Waals surface area contributed by atoms with Crippen LogP contribution in [0.1, 0.15) is 43.7 Å². The average Bonchev–Trinajstić information content (AvgIpc) is 3.08. The standard InChI is InChI=1S/C24H27FN2O2/c1-16-14-19-6-3-5-9-22(19)27(16)24(29)18-12-10-17(11-13-18)23(28)26-15-20-7-2-4-8-21(20)25/h2-9,16-18H,10-15H2,1H3,(H,26,28). The maximum Gasteiger partial charge on any atom is 0.230 e. The van der Waals surface area contributed by atoms with Crippen LogP contribution in [0.25, 0.3) is 0 Å². The number of hydrogen-bond acceptors (Lipinski definition) is 2. The van der Waals surface area contributed by atoms with Crippen LogP contribution in [0, 0.1) is 17.7 Å². The van der Waals surface area contributed by atoms with E-state index in [0.717, 1.165) is 24.9 Å².